The van der Waals surface area contributed by atoms with E-state index in [1.54, 1.807) is 7.11 Å². The highest BCUT2D eigenvalue weighted by Gasteiger charge is 2.23. The van der Waals surface area contributed by atoms with Gasteiger partial charge in [-0.2, -0.15) is 0 Å². The van der Waals surface area contributed by atoms with Gasteiger partial charge in [-0.05, 0) is 30.2 Å². The van der Waals surface area contributed by atoms with Crippen molar-refractivity contribution in [3.05, 3.63) is 64.0 Å². The van der Waals surface area contributed by atoms with Crippen LogP contribution < -0.4 is 9.64 Å². The number of nitro benzene ring substituents is 1. The highest BCUT2D eigenvalue weighted by atomic mass is 19.1. The first-order valence-corrected chi connectivity index (χ1v) is 8.61. The topological polar surface area (TPSA) is 58.8 Å². The summed E-state index contributed by atoms with van der Waals surface area (Å²) in [6, 6.07) is 11.6. The normalized spacial score (nSPS) is 15.5. The van der Waals surface area contributed by atoms with E-state index in [0.29, 0.717) is 18.8 Å². The van der Waals surface area contributed by atoms with Crippen molar-refractivity contribution in [2.75, 3.05) is 38.2 Å². The lowest BCUT2D eigenvalue weighted by Gasteiger charge is -2.23. The average molecular weight is 359 g/mol. The van der Waals surface area contributed by atoms with Gasteiger partial charge in [0.25, 0.3) is 5.69 Å². The number of rotatable bonds is 5. The van der Waals surface area contributed by atoms with Gasteiger partial charge in [-0.3, -0.25) is 15.0 Å². The number of benzene rings is 2. The number of methoxy groups -OCH3 is 1. The van der Waals surface area contributed by atoms with E-state index in [9.17, 15) is 14.5 Å². The van der Waals surface area contributed by atoms with Gasteiger partial charge in [0.2, 0.25) is 0 Å². The molecule has 2 aromatic rings. The molecule has 1 aliphatic heterocycles. The summed E-state index contributed by atoms with van der Waals surface area (Å²) in [7, 11) is 1.64. The van der Waals surface area contributed by atoms with Crippen molar-refractivity contribution < 1.29 is 14.1 Å². The van der Waals surface area contributed by atoms with Crippen LogP contribution in [0, 0.1) is 15.9 Å². The van der Waals surface area contributed by atoms with Crippen molar-refractivity contribution in [3.63, 3.8) is 0 Å². The number of hydrogen-bond acceptors (Lipinski definition) is 5. The number of nitro groups is 1. The number of ether oxygens (including phenoxy) is 1. The van der Waals surface area contributed by atoms with Gasteiger partial charge in [-0.15, -0.1) is 0 Å². The van der Waals surface area contributed by atoms with Crippen LogP contribution in [0.4, 0.5) is 15.8 Å². The molecule has 0 atom stereocenters. The lowest BCUT2D eigenvalue weighted by atomic mass is 10.2. The summed E-state index contributed by atoms with van der Waals surface area (Å²) in [5.41, 5.74) is 1.51. The molecule has 2 aromatic carbocycles. The monoisotopic (exact) mass is 359 g/mol. The highest BCUT2D eigenvalue weighted by Crippen LogP contribution is 2.29. The van der Waals surface area contributed by atoms with Gasteiger partial charge in [0.15, 0.2) is 0 Å². The quantitative estimate of drug-likeness (QED) is 0.604. The van der Waals surface area contributed by atoms with E-state index >= 15 is 0 Å². The van der Waals surface area contributed by atoms with Gasteiger partial charge < -0.3 is 9.64 Å². The van der Waals surface area contributed by atoms with Crippen LogP contribution in [0.3, 0.4) is 0 Å². The van der Waals surface area contributed by atoms with Crippen LogP contribution in [0.2, 0.25) is 0 Å². The molecule has 0 radical (unpaired) electrons. The Morgan fingerprint density at radius 1 is 1.12 bits per heavy atom. The Bertz CT molecular complexity index is 767. The van der Waals surface area contributed by atoms with E-state index in [1.165, 1.54) is 17.7 Å². The van der Waals surface area contributed by atoms with E-state index in [0.717, 1.165) is 37.9 Å². The summed E-state index contributed by atoms with van der Waals surface area (Å²) in [6.45, 7) is 3.76. The average Bonchev–Trinajstić information content (AvgIpc) is 2.87. The minimum absolute atomic E-state index is 0.0463. The van der Waals surface area contributed by atoms with Crippen LogP contribution in [0.25, 0.3) is 0 Å². The fourth-order valence-corrected chi connectivity index (χ4v) is 3.26. The minimum Gasteiger partial charge on any atom is -0.497 e. The van der Waals surface area contributed by atoms with E-state index in [1.807, 2.05) is 29.2 Å². The second-order valence-electron chi connectivity index (χ2n) is 6.35. The summed E-state index contributed by atoms with van der Waals surface area (Å²) >= 11 is 0. The molecule has 0 spiro atoms. The van der Waals surface area contributed by atoms with Crippen molar-refractivity contribution in [3.8, 4) is 5.75 Å². The Kier molecular flexibility index (Phi) is 5.68. The molecule has 0 aromatic heterocycles. The Morgan fingerprint density at radius 2 is 1.88 bits per heavy atom. The summed E-state index contributed by atoms with van der Waals surface area (Å²) < 4.78 is 18.8. The lowest BCUT2D eigenvalue weighted by molar-refractivity contribution is -0.384. The third-order valence-electron chi connectivity index (χ3n) is 4.63. The SMILES string of the molecule is COc1ccc(CN2CCCN(c3cc(F)ccc3[N+](=O)[O-])CC2)cc1. The highest BCUT2D eigenvalue weighted by molar-refractivity contribution is 5.63. The fraction of sp³-hybridized carbons (Fsp3) is 0.368. The standard InChI is InChI=1S/C19H22FN3O3/c1-26-17-6-3-15(4-7-17)14-21-9-2-10-22(12-11-21)19-13-16(20)5-8-18(19)23(24)25/h3-8,13H,2,9-12,14H2,1H3. The van der Waals surface area contributed by atoms with Crippen LogP contribution >= 0.6 is 0 Å². The van der Waals surface area contributed by atoms with Gasteiger partial charge in [0.1, 0.15) is 17.3 Å². The van der Waals surface area contributed by atoms with Crippen molar-refractivity contribution >= 4 is 11.4 Å². The van der Waals surface area contributed by atoms with Crippen molar-refractivity contribution in [1.29, 1.82) is 0 Å². The number of hydrogen-bond donors (Lipinski definition) is 0. The van der Waals surface area contributed by atoms with Crippen LogP contribution in [0.5, 0.6) is 5.75 Å². The molecular formula is C19H22FN3O3. The molecule has 0 bridgehead atoms. The molecule has 26 heavy (non-hydrogen) atoms. The molecular weight excluding hydrogens is 337 g/mol. The second kappa shape index (κ2) is 8.14. The molecule has 0 saturated carbocycles. The first-order chi connectivity index (χ1) is 12.6. The van der Waals surface area contributed by atoms with Gasteiger partial charge in [0.05, 0.1) is 12.0 Å². The minimum atomic E-state index is -0.454. The predicted octanol–water partition coefficient (Wildman–Crippen LogP) is 3.45. The zero-order valence-electron chi connectivity index (χ0n) is 14.7. The summed E-state index contributed by atoms with van der Waals surface area (Å²) in [5.74, 6) is 0.374. The van der Waals surface area contributed by atoms with Crippen LogP contribution in [0.1, 0.15) is 12.0 Å². The zero-order chi connectivity index (χ0) is 18.5. The Hall–Kier alpha value is -2.67. The number of halogens is 1. The molecule has 138 valence electrons. The molecule has 0 unspecified atom stereocenters. The molecule has 6 nitrogen and oxygen atoms in total. The fourth-order valence-electron chi connectivity index (χ4n) is 3.26. The maximum absolute atomic E-state index is 13.6. The smallest absolute Gasteiger partial charge is 0.292 e. The Balaban J connectivity index is 1.68. The van der Waals surface area contributed by atoms with Crippen LogP contribution in [0.15, 0.2) is 42.5 Å². The predicted molar refractivity (Wildman–Crippen MR) is 98.2 cm³/mol. The van der Waals surface area contributed by atoms with Crippen LogP contribution in [-0.4, -0.2) is 43.1 Å². The van der Waals surface area contributed by atoms with Crippen molar-refractivity contribution in [2.24, 2.45) is 0 Å². The van der Waals surface area contributed by atoms with Gasteiger partial charge in [-0.25, -0.2) is 4.39 Å². The molecule has 0 aliphatic carbocycles. The summed E-state index contributed by atoms with van der Waals surface area (Å²) in [5, 5.41) is 11.3. The summed E-state index contributed by atoms with van der Waals surface area (Å²) in [4.78, 5) is 15.0. The molecule has 1 saturated heterocycles. The number of anilines is 1. The maximum atomic E-state index is 13.6. The second-order valence-corrected chi connectivity index (χ2v) is 6.35. The third kappa shape index (κ3) is 4.29. The first-order valence-electron chi connectivity index (χ1n) is 8.61. The number of nitrogens with zero attached hydrogens (tertiary/aromatic N) is 3. The molecule has 0 amide bonds. The first kappa shape index (κ1) is 18.1. The summed E-state index contributed by atoms with van der Waals surface area (Å²) in [6.07, 6.45) is 0.865. The molecule has 1 aliphatic rings. The van der Waals surface area contributed by atoms with Gasteiger partial charge >= 0.3 is 0 Å². The van der Waals surface area contributed by atoms with Gasteiger partial charge in [0, 0.05) is 44.9 Å². The van der Waals surface area contributed by atoms with E-state index in [-0.39, 0.29) is 5.69 Å². The van der Waals surface area contributed by atoms with Crippen molar-refractivity contribution in [2.45, 2.75) is 13.0 Å². The molecule has 7 heteroatoms. The van der Waals surface area contributed by atoms with Gasteiger partial charge in [-0.1, -0.05) is 12.1 Å². The third-order valence-corrected chi connectivity index (χ3v) is 4.63. The lowest BCUT2D eigenvalue weighted by Crippen LogP contribution is -2.30. The Labute approximate surface area is 151 Å². The Morgan fingerprint density at radius 3 is 2.58 bits per heavy atom. The molecule has 1 fully saturated rings. The molecule has 1 heterocycles. The largest absolute Gasteiger partial charge is 0.497 e. The van der Waals surface area contributed by atoms with Crippen molar-refractivity contribution in [1.82, 2.24) is 4.90 Å². The van der Waals surface area contributed by atoms with Crippen LogP contribution in [-0.2, 0) is 6.54 Å². The van der Waals surface area contributed by atoms with E-state index in [4.69, 9.17) is 4.74 Å². The maximum Gasteiger partial charge on any atom is 0.292 e. The zero-order valence-corrected chi connectivity index (χ0v) is 14.7. The molecule has 0 N–H and O–H groups in total. The van der Waals surface area contributed by atoms with E-state index in [2.05, 4.69) is 4.90 Å². The van der Waals surface area contributed by atoms with E-state index < -0.39 is 10.7 Å². The molecule has 3 rings (SSSR count).